The summed E-state index contributed by atoms with van der Waals surface area (Å²) >= 11 is 11.7. The molecule has 0 saturated heterocycles. The van der Waals surface area contributed by atoms with Crippen LogP contribution < -0.4 is 5.32 Å². The molecule has 0 fully saturated rings. The van der Waals surface area contributed by atoms with E-state index >= 15 is 0 Å². The van der Waals surface area contributed by atoms with Crippen LogP contribution in [0.25, 0.3) is 0 Å². The fourth-order valence-corrected chi connectivity index (χ4v) is 2.25. The number of carbonyl (C=O) groups is 1. The Labute approximate surface area is 137 Å². The fourth-order valence-electron chi connectivity index (χ4n) is 1.95. The number of nitrogens with one attached hydrogen (secondary N) is 1. The molecule has 21 heavy (non-hydrogen) atoms. The first-order valence-corrected chi connectivity index (χ1v) is 8.28. The third kappa shape index (κ3) is 8.18. The van der Waals surface area contributed by atoms with Crippen LogP contribution in [0.1, 0.15) is 51.9 Å². The van der Waals surface area contributed by atoms with Gasteiger partial charge in [0.15, 0.2) is 0 Å². The minimum atomic E-state index is -0.459. The highest BCUT2D eigenvalue weighted by Crippen LogP contribution is 2.25. The summed E-state index contributed by atoms with van der Waals surface area (Å²) in [7, 11) is 0. The zero-order valence-electron chi connectivity index (χ0n) is 12.5. The van der Waals surface area contributed by atoms with Gasteiger partial charge in [-0.1, -0.05) is 68.7 Å². The number of carbonyl (C=O) groups excluding carboxylic acids is 1. The van der Waals surface area contributed by atoms with Crippen LogP contribution in [-0.4, -0.2) is 12.7 Å². The summed E-state index contributed by atoms with van der Waals surface area (Å²) in [4.78, 5) is 11.6. The normalized spacial score (nSPS) is 10.4. The first-order valence-electron chi connectivity index (χ1n) is 7.52. The summed E-state index contributed by atoms with van der Waals surface area (Å²) in [6.07, 6.45) is 7.89. The highest BCUT2D eigenvalue weighted by Gasteiger charge is 2.05. The van der Waals surface area contributed by atoms with Gasteiger partial charge in [0.05, 0.1) is 16.7 Å². The fraction of sp³-hybridized carbons (Fsp3) is 0.562. The molecule has 0 unspecified atom stereocenters. The van der Waals surface area contributed by atoms with Crippen LogP contribution in [0, 0.1) is 0 Å². The molecule has 0 saturated carbocycles. The van der Waals surface area contributed by atoms with Gasteiger partial charge in [-0.15, -0.1) is 0 Å². The van der Waals surface area contributed by atoms with Crippen molar-refractivity contribution in [1.29, 1.82) is 0 Å². The molecule has 1 aromatic rings. The summed E-state index contributed by atoms with van der Waals surface area (Å²) in [6, 6.07) is 4.91. The van der Waals surface area contributed by atoms with Gasteiger partial charge in [-0.05, 0) is 24.6 Å². The topological polar surface area (TPSA) is 38.3 Å². The van der Waals surface area contributed by atoms with E-state index in [9.17, 15) is 4.79 Å². The van der Waals surface area contributed by atoms with Crippen molar-refractivity contribution in [2.24, 2.45) is 0 Å². The first-order chi connectivity index (χ1) is 10.1. The van der Waals surface area contributed by atoms with E-state index in [0.29, 0.717) is 22.3 Å². The summed E-state index contributed by atoms with van der Waals surface area (Å²) in [6.45, 7) is 2.65. The molecule has 0 aromatic heterocycles. The van der Waals surface area contributed by atoms with E-state index in [1.165, 1.54) is 32.1 Å². The zero-order valence-corrected chi connectivity index (χ0v) is 14.0. The van der Waals surface area contributed by atoms with Gasteiger partial charge in [-0.3, -0.25) is 5.32 Å². The summed E-state index contributed by atoms with van der Waals surface area (Å²) < 4.78 is 5.12. The molecule has 0 aliphatic heterocycles. The van der Waals surface area contributed by atoms with Crippen molar-refractivity contribution in [2.45, 2.75) is 51.9 Å². The van der Waals surface area contributed by atoms with Gasteiger partial charge in [0.2, 0.25) is 0 Å². The lowest BCUT2D eigenvalue weighted by Gasteiger charge is -2.07. The van der Waals surface area contributed by atoms with Crippen LogP contribution in [-0.2, 0) is 4.74 Å². The standard InChI is InChI=1S/C16H23Cl2NO2/c1-2-3-4-5-6-7-8-11-21-16(20)19-13-9-10-14(17)15(18)12-13/h9-10,12H,2-8,11H2,1H3,(H,19,20). The zero-order chi connectivity index (χ0) is 15.5. The van der Waals surface area contributed by atoms with Gasteiger partial charge >= 0.3 is 6.09 Å². The van der Waals surface area contributed by atoms with Crippen molar-refractivity contribution in [3.8, 4) is 0 Å². The molecule has 0 spiro atoms. The second-order valence-corrected chi connectivity index (χ2v) is 5.83. The Morgan fingerprint density at radius 2 is 1.71 bits per heavy atom. The van der Waals surface area contributed by atoms with E-state index in [0.717, 1.165) is 12.8 Å². The van der Waals surface area contributed by atoms with Crippen molar-refractivity contribution in [2.75, 3.05) is 11.9 Å². The Bertz CT molecular complexity index is 438. The number of rotatable bonds is 9. The number of benzene rings is 1. The Morgan fingerprint density at radius 1 is 1.05 bits per heavy atom. The van der Waals surface area contributed by atoms with E-state index in [1.807, 2.05) is 0 Å². The predicted molar refractivity (Wildman–Crippen MR) is 89.4 cm³/mol. The first kappa shape index (κ1) is 18.1. The van der Waals surface area contributed by atoms with Gasteiger partial charge in [0.1, 0.15) is 0 Å². The highest BCUT2D eigenvalue weighted by atomic mass is 35.5. The van der Waals surface area contributed by atoms with Crippen LogP contribution in [0.5, 0.6) is 0 Å². The van der Waals surface area contributed by atoms with Crippen molar-refractivity contribution in [3.63, 3.8) is 0 Å². The van der Waals surface area contributed by atoms with E-state index in [-0.39, 0.29) is 0 Å². The van der Waals surface area contributed by atoms with Crippen LogP contribution in [0.4, 0.5) is 10.5 Å². The lowest BCUT2D eigenvalue weighted by Crippen LogP contribution is -2.14. The van der Waals surface area contributed by atoms with Crippen molar-refractivity contribution >= 4 is 35.0 Å². The van der Waals surface area contributed by atoms with Gasteiger partial charge in [-0.2, -0.15) is 0 Å². The average Bonchev–Trinajstić information content (AvgIpc) is 2.46. The molecule has 1 aromatic carbocycles. The molecule has 118 valence electrons. The summed E-state index contributed by atoms with van der Waals surface area (Å²) in [5, 5.41) is 3.49. The number of unbranched alkanes of at least 4 members (excludes halogenated alkanes) is 6. The largest absolute Gasteiger partial charge is 0.449 e. The Morgan fingerprint density at radius 3 is 2.38 bits per heavy atom. The Hall–Kier alpha value is -0.930. The average molecular weight is 332 g/mol. The number of halogens is 2. The maximum absolute atomic E-state index is 11.6. The number of hydrogen-bond donors (Lipinski definition) is 1. The molecule has 0 aliphatic rings. The third-order valence-electron chi connectivity index (χ3n) is 3.15. The maximum atomic E-state index is 11.6. The molecule has 1 N–H and O–H groups in total. The lowest BCUT2D eigenvalue weighted by atomic mass is 10.1. The molecule has 3 nitrogen and oxygen atoms in total. The van der Waals surface area contributed by atoms with E-state index in [2.05, 4.69) is 12.2 Å². The van der Waals surface area contributed by atoms with E-state index in [1.54, 1.807) is 18.2 Å². The minimum Gasteiger partial charge on any atom is -0.449 e. The third-order valence-corrected chi connectivity index (χ3v) is 3.89. The second-order valence-electron chi connectivity index (χ2n) is 5.01. The molecular formula is C16H23Cl2NO2. The summed E-state index contributed by atoms with van der Waals surface area (Å²) in [5.74, 6) is 0. The molecular weight excluding hydrogens is 309 g/mol. The quantitative estimate of drug-likeness (QED) is 0.539. The van der Waals surface area contributed by atoms with Gasteiger partial charge in [0, 0.05) is 5.69 Å². The molecule has 1 rings (SSSR count). The van der Waals surface area contributed by atoms with Crippen LogP contribution in [0.2, 0.25) is 10.0 Å². The lowest BCUT2D eigenvalue weighted by molar-refractivity contribution is 0.159. The molecule has 0 heterocycles. The number of hydrogen-bond acceptors (Lipinski definition) is 2. The number of anilines is 1. The smallest absolute Gasteiger partial charge is 0.411 e. The SMILES string of the molecule is CCCCCCCCCOC(=O)Nc1ccc(Cl)c(Cl)c1. The van der Waals surface area contributed by atoms with Crippen molar-refractivity contribution < 1.29 is 9.53 Å². The van der Waals surface area contributed by atoms with Gasteiger partial charge in [0.25, 0.3) is 0 Å². The van der Waals surface area contributed by atoms with Crippen LogP contribution >= 0.6 is 23.2 Å². The van der Waals surface area contributed by atoms with E-state index in [4.69, 9.17) is 27.9 Å². The molecule has 1 amide bonds. The monoisotopic (exact) mass is 331 g/mol. The van der Waals surface area contributed by atoms with Crippen molar-refractivity contribution in [3.05, 3.63) is 28.2 Å². The Kier molecular flexibility index (Phi) is 9.27. The molecule has 0 atom stereocenters. The number of ether oxygens (including phenoxy) is 1. The van der Waals surface area contributed by atoms with E-state index < -0.39 is 6.09 Å². The molecule has 0 bridgehead atoms. The minimum absolute atomic E-state index is 0.404. The van der Waals surface area contributed by atoms with Crippen LogP contribution in [0.15, 0.2) is 18.2 Å². The highest BCUT2D eigenvalue weighted by molar-refractivity contribution is 6.42. The van der Waals surface area contributed by atoms with Crippen LogP contribution in [0.3, 0.4) is 0 Å². The number of amides is 1. The molecule has 0 radical (unpaired) electrons. The summed E-state index contributed by atoms with van der Waals surface area (Å²) in [5.41, 5.74) is 0.578. The molecule has 5 heteroatoms. The maximum Gasteiger partial charge on any atom is 0.411 e. The second kappa shape index (κ2) is 10.7. The van der Waals surface area contributed by atoms with Gasteiger partial charge < -0.3 is 4.74 Å². The predicted octanol–water partition coefficient (Wildman–Crippen LogP) is 6.29. The van der Waals surface area contributed by atoms with Gasteiger partial charge in [-0.25, -0.2) is 4.79 Å². The Balaban J connectivity index is 2.10. The van der Waals surface area contributed by atoms with Crippen molar-refractivity contribution in [1.82, 2.24) is 0 Å². The molecule has 0 aliphatic carbocycles.